The molecule has 0 amide bonds. The van der Waals surface area contributed by atoms with Crippen LogP contribution in [0.25, 0.3) is 10.4 Å². The number of aliphatic hydroxyl groups is 1. The molecule has 1 unspecified atom stereocenters. The summed E-state index contributed by atoms with van der Waals surface area (Å²) in [6.45, 7) is 3.30. The molecule has 4 heteroatoms. The molecule has 0 aromatic heterocycles. The van der Waals surface area contributed by atoms with Gasteiger partial charge in [-0.05, 0) is 19.4 Å². The molecule has 0 aliphatic carbocycles. The maximum absolute atomic E-state index is 8.73. The monoisotopic (exact) mass is 141 g/mol. The van der Waals surface area contributed by atoms with Crippen molar-refractivity contribution >= 4 is 0 Å². The van der Waals surface area contributed by atoms with E-state index in [9.17, 15) is 0 Å². The third kappa shape index (κ3) is 2.53. The predicted molar refractivity (Wildman–Crippen MR) is 39.5 cm³/mol. The molecule has 0 heterocycles. The molecule has 0 aromatic rings. The van der Waals surface area contributed by atoms with Gasteiger partial charge in [-0.25, -0.2) is 0 Å². The first-order valence-electron chi connectivity index (χ1n) is 2.99. The second-order valence-corrected chi connectivity index (χ2v) is 2.20. The molecule has 0 spiro atoms. The highest BCUT2D eigenvalue weighted by Gasteiger charge is 2.15. The number of rotatable bonds is 3. The third-order valence-corrected chi connectivity index (χ3v) is 1.12. The zero-order valence-electron chi connectivity index (χ0n) is 6.15. The molecule has 0 aliphatic heterocycles. The summed E-state index contributed by atoms with van der Waals surface area (Å²) >= 11 is 0. The Morgan fingerprint density at radius 1 is 1.80 bits per heavy atom. The van der Waals surface area contributed by atoms with Crippen LogP contribution >= 0.6 is 0 Å². The average molecular weight is 141 g/mol. The first-order chi connectivity index (χ1) is 4.68. The maximum Gasteiger partial charge on any atom is 0.0870 e. The fourth-order valence-corrected chi connectivity index (χ4v) is 0.579. The number of allylic oxidation sites excluding steroid dienone is 1. The van der Waals surface area contributed by atoms with E-state index in [1.165, 1.54) is 0 Å². The third-order valence-electron chi connectivity index (χ3n) is 1.12. The number of azide groups is 1. The van der Waals surface area contributed by atoms with Crippen molar-refractivity contribution in [1.82, 2.24) is 0 Å². The molecular weight excluding hydrogens is 130 g/mol. The summed E-state index contributed by atoms with van der Waals surface area (Å²) in [7, 11) is 0. The summed E-state index contributed by atoms with van der Waals surface area (Å²) in [6.07, 6.45) is 3.40. The number of aliphatic hydroxyl groups excluding tert-OH is 1. The Balaban J connectivity index is 4.37. The van der Waals surface area contributed by atoms with E-state index in [0.717, 1.165) is 0 Å². The minimum atomic E-state index is -0.774. The van der Waals surface area contributed by atoms with Gasteiger partial charge < -0.3 is 5.11 Å². The fourth-order valence-electron chi connectivity index (χ4n) is 0.579. The molecule has 0 aromatic carbocycles. The van der Waals surface area contributed by atoms with Crippen LogP contribution in [0.5, 0.6) is 0 Å². The van der Waals surface area contributed by atoms with Crippen LogP contribution in [0.2, 0.25) is 0 Å². The topological polar surface area (TPSA) is 69.0 Å². The fraction of sp³-hybridized carbons (Fsp3) is 0.667. The summed E-state index contributed by atoms with van der Waals surface area (Å²) in [4.78, 5) is 2.61. The van der Waals surface area contributed by atoms with Crippen molar-refractivity contribution in [2.75, 3.05) is 6.61 Å². The first-order valence-corrected chi connectivity index (χ1v) is 2.99. The van der Waals surface area contributed by atoms with Crippen molar-refractivity contribution in [3.8, 4) is 0 Å². The standard InChI is InChI=1S/C6H11N3O/c1-3-4-6(2,5-10)8-9-7/h3-4,10H,5H2,1-2H3/b4-3+. The summed E-state index contributed by atoms with van der Waals surface area (Å²) in [6, 6.07) is 0. The first kappa shape index (κ1) is 9.01. The summed E-state index contributed by atoms with van der Waals surface area (Å²) in [5.41, 5.74) is 7.30. The van der Waals surface area contributed by atoms with Crippen LogP contribution in [0.4, 0.5) is 0 Å². The Kier molecular flexibility index (Phi) is 3.54. The Bertz CT molecular complexity index is 172. The van der Waals surface area contributed by atoms with E-state index in [2.05, 4.69) is 10.0 Å². The van der Waals surface area contributed by atoms with Crippen LogP contribution in [0.3, 0.4) is 0 Å². The van der Waals surface area contributed by atoms with Crippen LogP contribution in [0.15, 0.2) is 17.3 Å². The van der Waals surface area contributed by atoms with Crippen molar-refractivity contribution in [1.29, 1.82) is 0 Å². The van der Waals surface area contributed by atoms with Gasteiger partial charge in [0.05, 0.1) is 12.1 Å². The molecule has 0 bridgehead atoms. The Morgan fingerprint density at radius 2 is 2.40 bits per heavy atom. The molecule has 0 saturated heterocycles. The molecule has 1 N–H and O–H groups in total. The Hall–Kier alpha value is -0.990. The highest BCUT2D eigenvalue weighted by molar-refractivity contribution is 5.02. The Labute approximate surface area is 59.8 Å². The maximum atomic E-state index is 8.73. The zero-order chi connectivity index (χ0) is 8.04. The van der Waals surface area contributed by atoms with Crippen molar-refractivity contribution in [3.63, 3.8) is 0 Å². The Morgan fingerprint density at radius 3 is 2.70 bits per heavy atom. The van der Waals surface area contributed by atoms with Gasteiger partial charge in [0, 0.05) is 4.91 Å². The molecule has 1 atom stereocenters. The molecule has 4 nitrogen and oxygen atoms in total. The molecule has 0 saturated carbocycles. The number of hydrogen-bond donors (Lipinski definition) is 1. The lowest BCUT2D eigenvalue weighted by atomic mass is 10.1. The predicted octanol–water partition coefficient (Wildman–Crippen LogP) is 1.62. The normalized spacial score (nSPS) is 16.3. The van der Waals surface area contributed by atoms with Crippen molar-refractivity contribution in [2.45, 2.75) is 19.4 Å². The van der Waals surface area contributed by atoms with E-state index in [0.29, 0.717) is 0 Å². The number of hydrogen-bond acceptors (Lipinski definition) is 2. The minimum absolute atomic E-state index is 0.165. The van der Waals surface area contributed by atoms with Crippen LogP contribution in [-0.4, -0.2) is 17.3 Å². The molecular formula is C6H11N3O. The van der Waals surface area contributed by atoms with E-state index < -0.39 is 5.54 Å². The van der Waals surface area contributed by atoms with Crippen LogP contribution in [-0.2, 0) is 0 Å². The quantitative estimate of drug-likeness (QED) is 0.276. The lowest BCUT2D eigenvalue weighted by Gasteiger charge is -2.14. The highest BCUT2D eigenvalue weighted by Crippen LogP contribution is 2.10. The second-order valence-electron chi connectivity index (χ2n) is 2.20. The highest BCUT2D eigenvalue weighted by atomic mass is 16.3. The number of nitrogens with zero attached hydrogens (tertiary/aromatic N) is 3. The lowest BCUT2D eigenvalue weighted by Crippen LogP contribution is -2.22. The summed E-state index contributed by atoms with van der Waals surface area (Å²) < 4.78 is 0. The van der Waals surface area contributed by atoms with Gasteiger partial charge in [0.1, 0.15) is 0 Å². The van der Waals surface area contributed by atoms with Gasteiger partial charge in [0.25, 0.3) is 0 Å². The molecule has 10 heavy (non-hydrogen) atoms. The van der Waals surface area contributed by atoms with Gasteiger partial charge in [0.2, 0.25) is 0 Å². The van der Waals surface area contributed by atoms with Gasteiger partial charge >= 0.3 is 0 Å². The van der Waals surface area contributed by atoms with Gasteiger partial charge in [-0.3, -0.25) is 0 Å². The average Bonchev–Trinajstić information content (AvgIpc) is 1.89. The molecule has 56 valence electrons. The van der Waals surface area contributed by atoms with Crippen LogP contribution in [0, 0.1) is 0 Å². The van der Waals surface area contributed by atoms with E-state index in [1.54, 1.807) is 26.0 Å². The van der Waals surface area contributed by atoms with Gasteiger partial charge in [0.15, 0.2) is 0 Å². The van der Waals surface area contributed by atoms with Gasteiger partial charge in [-0.1, -0.05) is 17.3 Å². The zero-order valence-corrected chi connectivity index (χ0v) is 6.15. The van der Waals surface area contributed by atoms with Crippen molar-refractivity contribution < 1.29 is 5.11 Å². The second kappa shape index (κ2) is 3.93. The summed E-state index contributed by atoms with van der Waals surface area (Å²) in [5.74, 6) is 0. The molecule has 0 aliphatic rings. The molecule has 0 rings (SSSR count). The molecule has 0 fully saturated rings. The lowest BCUT2D eigenvalue weighted by molar-refractivity contribution is 0.238. The minimum Gasteiger partial charge on any atom is -0.395 e. The van der Waals surface area contributed by atoms with E-state index in [4.69, 9.17) is 10.6 Å². The summed E-state index contributed by atoms with van der Waals surface area (Å²) in [5, 5.41) is 12.1. The SMILES string of the molecule is C/C=C/C(C)(CO)N=[N+]=[N-]. The molecule has 0 radical (unpaired) electrons. The van der Waals surface area contributed by atoms with Gasteiger partial charge in [-0.15, -0.1) is 0 Å². The van der Waals surface area contributed by atoms with E-state index >= 15 is 0 Å². The smallest absolute Gasteiger partial charge is 0.0870 e. The van der Waals surface area contributed by atoms with Crippen molar-refractivity contribution in [2.24, 2.45) is 5.11 Å². The largest absolute Gasteiger partial charge is 0.395 e. The van der Waals surface area contributed by atoms with E-state index in [1.807, 2.05) is 0 Å². The van der Waals surface area contributed by atoms with Gasteiger partial charge in [-0.2, -0.15) is 0 Å². The van der Waals surface area contributed by atoms with Crippen LogP contribution < -0.4 is 0 Å². The van der Waals surface area contributed by atoms with Crippen molar-refractivity contribution in [3.05, 3.63) is 22.6 Å². The van der Waals surface area contributed by atoms with E-state index in [-0.39, 0.29) is 6.61 Å². The van der Waals surface area contributed by atoms with Crippen LogP contribution in [0.1, 0.15) is 13.8 Å².